The molecule has 1 saturated carbocycles. The summed E-state index contributed by atoms with van der Waals surface area (Å²) in [5, 5.41) is 8.99. The van der Waals surface area contributed by atoms with Crippen molar-refractivity contribution in [3.63, 3.8) is 0 Å². The first-order valence-corrected chi connectivity index (χ1v) is 4.33. The molecule has 68 valence electrons. The van der Waals surface area contributed by atoms with Crippen LogP contribution in [0.1, 0.15) is 19.8 Å². The summed E-state index contributed by atoms with van der Waals surface area (Å²) in [7, 11) is 1.60. The molecule has 0 saturated heterocycles. The Bertz CT molecular complexity index is 175. The van der Waals surface area contributed by atoms with Crippen molar-refractivity contribution in [2.24, 2.45) is 5.92 Å². The van der Waals surface area contributed by atoms with Gasteiger partial charge in [-0.2, -0.15) is 5.26 Å². The summed E-state index contributed by atoms with van der Waals surface area (Å²) in [4.78, 5) is 0. The molecule has 1 atom stereocenters. The predicted octanol–water partition coefficient (Wildman–Crippen LogP) is 1.34. The lowest BCUT2D eigenvalue weighted by molar-refractivity contribution is -0.0600. The third-order valence-corrected chi connectivity index (χ3v) is 2.19. The molecule has 0 heterocycles. The third kappa shape index (κ3) is 1.77. The number of hydrogen-bond acceptors (Lipinski definition) is 3. The summed E-state index contributed by atoms with van der Waals surface area (Å²) in [6, 6.07) is 2.23. The zero-order chi connectivity index (χ0) is 9.03. The van der Waals surface area contributed by atoms with E-state index in [1.807, 2.05) is 6.92 Å². The van der Waals surface area contributed by atoms with Crippen LogP contribution in [0.25, 0.3) is 0 Å². The van der Waals surface area contributed by atoms with Crippen LogP contribution in [0.3, 0.4) is 0 Å². The Labute approximate surface area is 73.3 Å². The van der Waals surface area contributed by atoms with E-state index < -0.39 is 5.60 Å². The Morgan fingerprint density at radius 2 is 2.25 bits per heavy atom. The Balaban J connectivity index is 2.59. The SMILES string of the molecule is CCOC(C#N)(COC)C1CC1. The fourth-order valence-corrected chi connectivity index (χ4v) is 1.45. The average Bonchev–Trinajstić information content (AvgIpc) is 2.86. The van der Waals surface area contributed by atoms with E-state index in [0.717, 1.165) is 12.8 Å². The average molecular weight is 169 g/mol. The fourth-order valence-electron chi connectivity index (χ4n) is 1.45. The minimum atomic E-state index is -0.663. The van der Waals surface area contributed by atoms with Crippen molar-refractivity contribution in [3.8, 4) is 6.07 Å². The van der Waals surface area contributed by atoms with E-state index in [1.54, 1.807) is 7.11 Å². The standard InChI is InChI=1S/C9H15NO2/c1-3-12-9(6-10,7-11-2)8-4-5-8/h8H,3-5,7H2,1-2H3. The Hall–Kier alpha value is -0.590. The van der Waals surface area contributed by atoms with E-state index in [4.69, 9.17) is 14.7 Å². The van der Waals surface area contributed by atoms with Gasteiger partial charge in [-0.05, 0) is 19.8 Å². The highest BCUT2D eigenvalue weighted by Gasteiger charge is 2.46. The fraction of sp³-hybridized carbons (Fsp3) is 0.889. The molecule has 1 fully saturated rings. The van der Waals surface area contributed by atoms with Crippen LogP contribution in [0, 0.1) is 17.2 Å². The maximum Gasteiger partial charge on any atom is 0.179 e. The Kier molecular flexibility index (Phi) is 3.07. The van der Waals surface area contributed by atoms with Crippen molar-refractivity contribution in [1.82, 2.24) is 0 Å². The van der Waals surface area contributed by atoms with Crippen molar-refractivity contribution >= 4 is 0 Å². The van der Waals surface area contributed by atoms with Crippen LogP contribution in [0.4, 0.5) is 0 Å². The molecule has 0 aromatic heterocycles. The van der Waals surface area contributed by atoms with Crippen molar-refractivity contribution in [2.75, 3.05) is 20.3 Å². The first-order valence-electron chi connectivity index (χ1n) is 4.33. The maximum atomic E-state index is 8.99. The van der Waals surface area contributed by atoms with Gasteiger partial charge >= 0.3 is 0 Å². The first-order chi connectivity index (χ1) is 5.79. The summed E-state index contributed by atoms with van der Waals surface area (Å²) >= 11 is 0. The van der Waals surface area contributed by atoms with Crippen LogP contribution >= 0.6 is 0 Å². The van der Waals surface area contributed by atoms with Gasteiger partial charge in [-0.3, -0.25) is 0 Å². The highest BCUT2D eigenvalue weighted by atomic mass is 16.5. The minimum absolute atomic E-state index is 0.391. The number of ether oxygens (including phenoxy) is 2. The highest BCUT2D eigenvalue weighted by Crippen LogP contribution is 2.41. The summed E-state index contributed by atoms with van der Waals surface area (Å²) in [6.07, 6.45) is 2.19. The van der Waals surface area contributed by atoms with Gasteiger partial charge in [0, 0.05) is 19.6 Å². The molecule has 0 N–H and O–H groups in total. The topological polar surface area (TPSA) is 42.2 Å². The van der Waals surface area contributed by atoms with E-state index >= 15 is 0 Å². The minimum Gasteiger partial charge on any atom is -0.381 e. The van der Waals surface area contributed by atoms with Crippen molar-refractivity contribution < 1.29 is 9.47 Å². The van der Waals surface area contributed by atoms with Gasteiger partial charge in [-0.15, -0.1) is 0 Å². The van der Waals surface area contributed by atoms with Gasteiger partial charge in [0.2, 0.25) is 0 Å². The monoisotopic (exact) mass is 169 g/mol. The van der Waals surface area contributed by atoms with Gasteiger partial charge in [0.15, 0.2) is 5.60 Å². The molecule has 1 rings (SSSR count). The molecule has 0 spiro atoms. The van der Waals surface area contributed by atoms with Gasteiger partial charge in [0.25, 0.3) is 0 Å². The number of rotatable bonds is 5. The maximum absolute atomic E-state index is 8.99. The zero-order valence-electron chi connectivity index (χ0n) is 7.67. The lowest BCUT2D eigenvalue weighted by Gasteiger charge is -2.25. The zero-order valence-corrected chi connectivity index (χ0v) is 7.67. The van der Waals surface area contributed by atoms with Gasteiger partial charge in [-0.1, -0.05) is 0 Å². The molecule has 1 unspecified atom stereocenters. The molecule has 3 heteroatoms. The van der Waals surface area contributed by atoms with E-state index in [2.05, 4.69) is 6.07 Å². The second-order valence-electron chi connectivity index (χ2n) is 3.14. The third-order valence-electron chi connectivity index (χ3n) is 2.19. The van der Waals surface area contributed by atoms with Crippen LogP contribution < -0.4 is 0 Å². The second kappa shape index (κ2) is 3.88. The molecular formula is C9H15NO2. The van der Waals surface area contributed by atoms with E-state index in [1.165, 1.54) is 0 Å². The smallest absolute Gasteiger partial charge is 0.179 e. The molecule has 12 heavy (non-hydrogen) atoms. The molecule has 0 radical (unpaired) electrons. The van der Waals surface area contributed by atoms with E-state index in [-0.39, 0.29) is 0 Å². The lowest BCUT2D eigenvalue weighted by atomic mass is 10.0. The van der Waals surface area contributed by atoms with Crippen LogP contribution in [-0.4, -0.2) is 25.9 Å². The van der Waals surface area contributed by atoms with Crippen LogP contribution in [0.5, 0.6) is 0 Å². The Morgan fingerprint density at radius 1 is 1.58 bits per heavy atom. The summed E-state index contributed by atoms with van der Waals surface area (Å²) in [5.41, 5.74) is -0.663. The molecule has 0 aliphatic heterocycles. The van der Waals surface area contributed by atoms with Gasteiger partial charge in [0.1, 0.15) is 6.07 Å². The molecule has 0 bridgehead atoms. The summed E-state index contributed by atoms with van der Waals surface area (Å²) < 4.78 is 10.5. The van der Waals surface area contributed by atoms with Gasteiger partial charge in [0.05, 0.1) is 6.61 Å². The molecule has 0 aromatic carbocycles. The Morgan fingerprint density at radius 3 is 2.58 bits per heavy atom. The molecule has 0 aromatic rings. The number of hydrogen-bond donors (Lipinski definition) is 0. The van der Waals surface area contributed by atoms with Gasteiger partial charge < -0.3 is 9.47 Å². The van der Waals surface area contributed by atoms with Crippen molar-refractivity contribution in [3.05, 3.63) is 0 Å². The summed E-state index contributed by atoms with van der Waals surface area (Å²) in [6.45, 7) is 2.87. The molecule has 1 aliphatic carbocycles. The van der Waals surface area contributed by atoms with Crippen LogP contribution in [0.15, 0.2) is 0 Å². The molecule has 0 amide bonds. The molecular weight excluding hydrogens is 154 g/mol. The largest absolute Gasteiger partial charge is 0.381 e. The van der Waals surface area contributed by atoms with Crippen LogP contribution in [0.2, 0.25) is 0 Å². The van der Waals surface area contributed by atoms with Gasteiger partial charge in [-0.25, -0.2) is 0 Å². The van der Waals surface area contributed by atoms with Crippen LogP contribution in [-0.2, 0) is 9.47 Å². The quantitative estimate of drug-likeness (QED) is 0.623. The number of nitrogens with zero attached hydrogens (tertiary/aromatic N) is 1. The number of methoxy groups -OCH3 is 1. The summed E-state index contributed by atoms with van der Waals surface area (Å²) in [5.74, 6) is 0.391. The van der Waals surface area contributed by atoms with Crippen molar-refractivity contribution in [2.45, 2.75) is 25.4 Å². The lowest BCUT2D eigenvalue weighted by Crippen LogP contribution is -2.38. The number of nitriles is 1. The molecule has 3 nitrogen and oxygen atoms in total. The highest BCUT2D eigenvalue weighted by molar-refractivity contribution is 5.11. The second-order valence-corrected chi connectivity index (χ2v) is 3.14. The van der Waals surface area contributed by atoms with E-state index in [0.29, 0.717) is 19.1 Å². The van der Waals surface area contributed by atoms with Crippen molar-refractivity contribution in [1.29, 1.82) is 5.26 Å². The van der Waals surface area contributed by atoms with E-state index in [9.17, 15) is 0 Å². The molecule has 1 aliphatic rings. The predicted molar refractivity (Wildman–Crippen MR) is 44.6 cm³/mol. The normalized spacial score (nSPS) is 21.4. The first kappa shape index (κ1) is 9.50.